The molecule has 0 saturated carbocycles. The van der Waals surface area contributed by atoms with E-state index < -0.39 is 0 Å². The molecule has 1 aromatic carbocycles. The summed E-state index contributed by atoms with van der Waals surface area (Å²) in [5.74, 6) is -0.187. The predicted molar refractivity (Wildman–Crippen MR) is 138 cm³/mol. The lowest BCUT2D eigenvalue weighted by Gasteiger charge is -2.31. The summed E-state index contributed by atoms with van der Waals surface area (Å²) in [5.41, 5.74) is 3.87. The lowest BCUT2D eigenvalue weighted by Crippen LogP contribution is -2.44. The number of hydrogen-bond donors (Lipinski definition) is 1. The predicted octanol–water partition coefficient (Wildman–Crippen LogP) is 4.18. The first-order chi connectivity index (χ1) is 17.1. The van der Waals surface area contributed by atoms with Crippen LogP contribution in [0.2, 0.25) is 5.02 Å². The van der Waals surface area contributed by atoms with E-state index in [4.69, 9.17) is 16.3 Å². The molecule has 0 bridgehead atoms. The van der Waals surface area contributed by atoms with Crippen LogP contribution in [0, 0.1) is 0 Å². The number of fused-ring (bicyclic) bond motifs is 1. The zero-order chi connectivity index (χ0) is 24.4. The minimum Gasteiger partial charge on any atom is -0.467 e. The fourth-order valence-electron chi connectivity index (χ4n) is 3.97. The highest BCUT2D eigenvalue weighted by Gasteiger charge is 2.24. The Bertz CT molecular complexity index is 1370. The first-order valence-electron chi connectivity index (χ1n) is 11.2. The van der Waals surface area contributed by atoms with Crippen molar-refractivity contribution in [2.75, 3.05) is 30.1 Å². The molecule has 0 fully saturated rings. The molecule has 0 radical (unpaired) electrons. The number of methoxy groups -OCH3 is 1. The summed E-state index contributed by atoms with van der Waals surface area (Å²) in [6.45, 7) is 3.77. The number of ether oxygens (including phenoxy) is 1. The van der Waals surface area contributed by atoms with Gasteiger partial charge in [0, 0.05) is 30.9 Å². The van der Waals surface area contributed by atoms with Gasteiger partial charge in [-0.15, -0.1) is 16.4 Å². The maximum atomic E-state index is 13.0. The topological polar surface area (TPSA) is 87.4 Å². The molecule has 1 N–H and O–H groups in total. The van der Waals surface area contributed by atoms with Crippen LogP contribution in [0.5, 0.6) is 0 Å². The third-order valence-electron chi connectivity index (χ3n) is 5.70. The van der Waals surface area contributed by atoms with Gasteiger partial charge in [-0.25, -0.2) is 9.97 Å². The number of halogens is 1. The van der Waals surface area contributed by atoms with Crippen LogP contribution in [0.15, 0.2) is 59.3 Å². The Kier molecular flexibility index (Phi) is 6.56. The molecule has 0 aliphatic carbocycles. The summed E-state index contributed by atoms with van der Waals surface area (Å²) in [7, 11) is 1.61. The quantitative estimate of drug-likeness (QED) is 0.419. The molecular weight excluding hydrogens is 486 g/mol. The number of rotatable bonds is 6. The van der Waals surface area contributed by atoms with Crippen molar-refractivity contribution in [2.24, 2.45) is 5.10 Å². The van der Waals surface area contributed by atoms with E-state index in [9.17, 15) is 4.79 Å². The fourth-order valence-corrected chi connectivity index (χ4v) is 4.79. The molecule has 0 unspecified atom stereocenters. The molecule has 0 atom stereocenters. The van der Waals surface area contributed by atoms with E-state index in [-0.39, 0.29) is 5.91 Å². The number of nitrogens with one attached hydrogen (secondary N) is 1. The van der Waals surface area contributed by atoms with E-state index in [0.717, 1.165) is 22.1 Å². The first-order valence-corrected chi connectivity index (χ1v) is 12.4. The van der Waals surface area contributed by atoms with E-state index in [1.54, 1.807) is 41.3 Å². The van der Waals surface area contributed by atoms with E-state index in [0.29, 0.717) is 48.4 Å². The van der Waals surface area contributed by atoms with Gasteiger partial charge in [0.15, 0.2) is 5.13 Å². The van der Waals surface area contributed by atoms with Crippen LogP contribution in [-0.2, 0) is 17.7 Å². The van der Waals surface area contributed by atoms with Crippen molar-refractivity contribution in [2.45, 2.75) is 19.9 Å². The van der Waals surface area contributed by atoms with Gasteiger partial charge >= 0.3 is 6.02 Å². The summed E-state index contributed by atoms with van der Waals surface area (Å²) in [6.07, 6.45) is 4.14. The zero-order valence-corrected chi connectivity index (χ0v) is 20.9. The van der Waals surface area contributed by atoms with Gasteiger partial charge in [0.1, 0.15) is 11.3 Å². The van der Waals surface area contributed by atoms with E-state index >= 15 is 0 Å². The molecule has 180 valence electrons. The number of amides is 1. The first kappa shape index (κ1) is 23.1. The van der Waals surface area contributed by atoms with Crippen molar-refractivity contribution in [1.82, 2.24) is 19.7 Å². The summed E-state index contributed by atoms with van der Waals surface area (Å²) in [4.78, 5) is 23.9. The summed E-state index contributed by atoms with van der Waals surface area (Å²) in [6, 6.07) is 12.0. The number of carbonyl (C=O) groups is 1. The number of carbonyl (C=O) groups excluding carboxylic acids is 1. The minimum absolute atomic E-state index is 0.187. The standard InChI is InChI=1S/C24H24ClN7O2S/c1-3-19-21(31-15-17(25)6-9-20(31)28-19)22(33)27-14-16-4-7-18(8-5-16)32-12-11-30(23(29-32)34-2)24-26-10-13-35-24/h4-10,13,15H,3,11-12,14H2,1-2H3,(H,27,33). The van der Waals surface area contributed by atoms with Crippen molar-refractivity contribution in [1.29, 1.82) is 0 Å². The number of aromatic nitrogens is 3. The maximum Gasteiger partial charge on any atom is 0.315 e. The van der Waals surface area contributed by atoms with Crippen LogP contribution < -0.4 is 15.2 Å². The number of anilines is 2. The van der Waals surface area contributed by atoms with Crippen molar-refractivity contribution in [3.05, 3.63) is 76.1 Å². The van der Waals surface area contributed by atoms with Crippen molar-refractivity contribution in [3.63, 3.8) is 0 Å². The summed E-state index contributed by atoms with van der Waals surface area (Å²) < 4.78 is 7.24. The number of amidine groups is 1. The van der Waals surface area contributed by atoms with Gasteiger partial charge in [-0.05, 0) is 36.2 Å². The Morgan fingerprint density at radius 2 is 2.03 bits per heavy atom. The van der Waals surface area contributed by atoms with E-state index in [1.165, 1.54) is 0 Å². The molecule has 11 heteroatoms. The molecule has 1 aliphatic heterocycles. The highest BCUT2D eigenvalue weighted by molar-refractivity contribution is 7.13. The van der Waals surface area contributed by atoms with E-state index in [2.05, 4.69) is 20.4 Å². The normalized spacial score (nSPS) is 13.7. The van der Waals surface area contributed by atoms with Gasteiger partial charge in [-0.3, -0.25) is 19.1 Å². The largest absolute Gasteiger partial charge is 0.467 e. The van der Waals surface area contributed by atoms with Gasteiger partial charge in [0.05, 0.1) is 30.1 Å². The third-order valence-corrected chi connectivity index (χ3v) is 6.72. The van der Waals surface area contributed by atoms with Gasteiger partial charge < -0.3 is 10.1 Å². The highest BCUT2D eigenvalue weighted by Crippen LogP contribution is 2.24. The molecular formula is C24H24ClN7O2S. The molecule has 5 rings (SSSR count). The lowest BCUT2D eigenvalue weighted by molar-refractivity contribution is 0.0944. The van der Waals surface area contributed by atoms with Gasteiger partial charge in [-0.1, -0.05) is 30.7 Å². The molecule has 0 spiro atoms. The number of aryl methyl sites for hydroxylation is 1. The second-order valence-electron chi connectivity index (χ2n) is 7.86. The number of benzene rings is 1. The molecule has 3 aromatic heterocycles. The average molecular weight is 510 g/mol. The van der Waals surface area contributed by atoms with Crippen LogP contribution in [0.3, 0.4) is 0 Å². The summed E-state index contributed by atoms with van der Waals surface area (Å²) >= 11 is 7.69. The van der Waals surface area contributed by atoms with Crippen LogP contribution in [0.4, 0.5) is 10.8 Å². The van der Waals surface area contributed by atoms with Crippen LogP contribution in [-0.4, -0.2) is 46.5 Å². The Labute approximate surface area is 211 Å². The number of nitrogens with zero attached hydrogens (tertiary/aromatic N) is 6. The van der Waals surface area contributed by atoms with Crippen molar-refractivity contribution in [3.8, 4) is 0 Å². The second-order valence-corrected chi connectivity index (χ2v) is 9.17. The Hall–Kier alpha value is -3.63. The molecule has 35 heavy (non-hydrogen) atoms. The lowest BCUT2D eigenvalue weighted by atomic mass is 10.2. The smallest absolute Gasteiger partial charge is 0.315 e. The Morgan fingerprint density at radius 1 is 1.20 bits per heavy atom. The minimum atomic E-state index is -0.187. The molecule has 4 heterocycles. The molecule has 1 amide bonds. The SMILES string of the molecule is CCc1nc2ccc(Cl)cn2c1C(=O)NCc1ccc(N2CCN(c3nccs3)C(OC)=N2)cc1. The third kappa shape index (κ3) is 4.67. The Balaban J connectivity index is 1.27. The monoisotopic (exact) mass is 509 g/mol. The molecule has 4 aromatic rings. The molecule has 1 aliphatic rings. The summed E-state index contributed by atoms with van der Waals surface area (Å²) in [5, 5.41) is 12.9. The second kappa shape index (κ2) is 9.93. The number of thiazole rings is 1. The number of hydrazone groups is 1. The number of pyridine rings is 1. The van der Waals surface area contributed by atoms with Crippen molar-refractivity contribution >= 4 is 51.3 Å². The molecule has 9 nitrogen and oxygen atoms in total. The maximum absolute atomic E-state index is 13.0. The average Bonchev–Trinajstić information content (AvgIpc) is 3.55. The van der Waals surface area contributed by atoms with Gasteiger partial charge in [0.25, 0.3) is 5.91 Å². The van der Waals surface area contributed by atoms with Crippen LogP contribution in [0.25, 0.3) is 5.65 Å². The zero-order valence-electron chi connectivity index (χ0n) is 19.3. The van der Waals surface area contributed by atoms with Crippen LogP contribution >= 0.6 is 22.9 Å². The number of imidazole rings is 1. The fraction of sp³-hybridized carbons (Fsp3) is 0.250. The van der Waals surface area contributed by atoms with Crippen LogP contribution in [0.1, 0.15) is 28.7 Å². The molecule has 0 saturated heterocycles. The van der Waals surface area contributed by atoms with Gasteiger partial charge in [0.2, 0.25) is 0 Å². The van der Waals surface area contributed by atoms with Gasteiger partial charge in [-0.2, -0.15) is 0 Å². The van der Waals surface area contributed by atoms with Crippen molar-refractivity contribution < 1.29 is 9.53 Å². The number of hydrogen-bond acceptors (Lipinski definition) is 8. The Morgan fingerprint density at radius 3 is 2.74 bits per heavy atom. The van der Waals surface area contributed by atoms with E-state index in [1.807, 2.05) is 52.5 Å². The highest BCUT2D eigenvalue weighted by atomic mass is 35.5.